The summed E-state index contributed by atoms with van der Waals surface area (Å²) in [6.45, 7) is 4.46. The lowest BCUT2D eigenvalue weighted by molar-refractivity contribution is -0.138. The first-order valence-electron chi connectivity index (χ1n) is 7.56. The first kappa shape index (κ1) is 17.2. The van der Waals surface area contributed by atoms with Crippen LogP contribution in [0.2, 0.25) is 0 Å². The summed E-state index contributed by atoms with van der Waals surface area (Å²) in [4.78, 5) is 24.6. The summed E-state index contributed by atoms with van der Waals surface area (Å²) < 4.78 is 0. The van der Waals surface area contributed by atoms with Crippen LogP contribution in [0.1, 0.15) is 45.1 Å². The molecular formula is C17H25NO3. The Labute approximate surface area is 126 Å². The van der Waals surface area contributed by atoms with Crippen molar-refractivity contribution in [1.82, 2.24) is 4.90 Å². The average Bonchev–Trinajstić information content (AvgIpc) is 2.44. The zero-order valence-corrected chi connectivity index (χ0v) is 12.9. The molecule has 1 aromatic rings. The van der Waals surface area contributed by atoms with Crippen molar-refractivity contribution >= 4 is 11.9 Å². The summed E-state index contributed by atoms with van der Waals surface area (Å²) in [6, 6.07) is 10.2. The number of carboxylic acids is 1. The molecule has 0 spiro atoms. The van der Waals surface area contributed by atoms with Crippen LogP contribution in [0.25, 0.3) is 0 Å². The third-order valence-corrected chi connectivity index (χ3v) is 3.43. The molecule has 0 bridgehead atoms. The van der Waals surface area contributed by atoms with E-state index >= 15 is 0 Å². The van der Waals surface area contributed by atoms with Crippen LogP contribution in [0, 0.1) is 0 Å². The summed E-state index contributed by atoms with van der Waals surface area (Å²) in [5, 5.41) is 8.67. The van der Waals surface area contributed by atoms with Gasteiger partial charge in [-0.3, -0.25) is 9.59 Å². The van der Waals surface area contributed by atoms with E-state index in [0.29, 0.717) is 19.4 Å². The van der Waals surface area contributed by atoms with E-state index in [4.69, 9.17) is 5.11 Å². The predicted molar refractivity (Wildman–Crippen MR) is 83.1 cm³/mol. The number of amides is 1. The smallest absolute Gasteiger partial charge is 0.303 e. The molecule has 0 saturated carbocycles. The van der Waals surface area contributed by atoms with Gasteiger partial charge in [0.1, 0.15) is 0 Å². The Hall–Kier alpha value is -1.84. The molecule has 1 aromatic carbocycles. The number of aliphatic carboxylic acids is 1. The van der Waals surface area contributed by atoms with Gasteiger partial charge in [0.15, 0.2) is 0 Å². The van der Waals surface area contributed by atoms with Gasteiger partial charge in [0.25, 0.3) is 0 Å². The SMILES string of the molecule is CC(C)N(CCCC(=O)O)C(=O)CCCc1ccccc1. The van der Waals surface area contributed by atoms with Gasteiger partial charge >= 0.3 is 5.97 Å². The maximum absolute atomic E-state index is 12.2. The zero-order valence-electron chi connectivity index (χ0n) is 12.9. The Kier molecular flexibility index (Phi) is 7.51. The van der Waals surface area contributed by atoms with Crippen molar-refractivity contribution in [3.8, 4) is 0 Å². The molecule has 21 heavy (non-hydrogen) atoms. The number of hydrogen-bond donors (Lipinski definition) is 1. The Balaban J connectivity index is 2.36. The molecule has 0 radical (unpaired) electrons. The lowest BCUT2D eigenvalue weighted by Gasteiger charge is -2.26. The van der Waals surface area contributed by atoms with E-state index in [0.717, 1.165) is 12.8 Å². The highest BCUT2D eigenvalue weighted by Gasteiger charge is 2.16. The van der Waals surface area contributed by atoms with Gasteiger partial charge in [-0.25, -0.2) is 0 Å². The number of aryl methyl sites for hydroxylation is 1. The summed E-state index contributed by atoms with van der Waals surface area (Å²) in [5.41, 5.74) is 1.24. The summed E-state index contributed by atoms with van der Waals surface area (Å²) in [6.07, 6.45) is 2.86. The van der Waals surface area contributed by atoms with Crippen LogP contribution in [0.5, 0.6) is 0 Å². The van der Waals surface area contributed by atoms with Crippen molar-refractivity contribution in [2.75, 3.05) is 6.54 Å². The molecule has 0 aromatic heterocycles. The van der Waals surface area contributed by atoms with Crippen molar-refractivity contribution in [3.05, 3.63) is 35.9 Å². The van der Waals surface area contributed by atoms with Crippen molar-refractivity contribution < 1.29 is 14.7 Å². The van der Waals surface area contributed by atoms with Crippen molar-refractivity contribution in [1.29, 1.82) is 0 Å². The maximum atomic E-state index is 12.2. The fourth-order valence-electron chi connectivity index (χ4n) is 2.30. The van der Waals surface area contributed by atoms with E-state index in [1.807, 2.05) is 32.0 Å². The molecule has 0 fully saturated rings. The van der Waals surface area contributed by atoms with Crippen LogP contribution >= 0.6 is 0 Å². The largest absolute Gasteiger partial charge is 0.481 e. The predicted octanol–water partition coefficient (Wildman–Crippen LogP) is 3.11. The molecule has 1 rings (SSSR count). The first-order chi connectivity index (χ1) is 10.0. The van der Waals surface area contributed by atoms with E-state index < -0.39 is 5.97 Å². The molecular weight excluding hydrogens is 266 g/mol. The van der Waals surface area contributed by atoms with Gasteiger partial charge in [0.05, 0.1) is 0 Å². The van der Waals surface area contributed by atoms with Crippen molar-refractivity contribution in [2.24, 2.45) is 0 Å². The number of carbonyl (C=O) groups is 2. The minimum absolute atomic E-state index is 0.112. The van der Waals surface area contributed by atoms with E-state index in [1.54, 1.807) is 4.90 Å². The van der Waals surface area contributed by atoms with Crippen LogP contribution in [0.3, 0.4) is 0 Å². The minimum Gasteiger partial charge on any atom is -0.481 e. The van der Waals surface area contributed by atoms with E-state index in [1.165, 1.54) is 5.56 Å². The molecule has 0 aliphatic heterocycles. The van der Waals surface area contributed by atoms with Gasteiger partial charge in [-0.15, -0.1) is 0 Å². The molecule has 1 amide bonds. The fraction of sp³-hybridized carbons (Fsp3) is 0.529. The third-order valence-electron chi connectivity index (χ3n) is 3.43. The lowest BCUT2D eigenvalue weighted by Crippen LogP contribution is -2.37. The van der Waals surface area contributed by atoms with Crippen LogP contribution in [0.4, 0.5) is 0 Å². The first-order valence-corrected chi connectivity index (χ1v) is 7.56. The van der Waals surface area contributed by atoms with E-state index in [2.05, 4.69) is 12.1 Å². The Bertz CT molecular complexity index is 443. The van der Waals surface area contributed by atoms with Gasteiger partial charge in [0.2, 0.25) is 5.91 Å². The molecule has 116 valence electrons. The molecule has 0 saturated heterocycles. The number of carboxylic acid groups (broad SMARTS) is 1. The van der Waals surface area contributed by atoms with Gasteiger partial charge in [-0.2, -0.15) is 0 Å². The molecule has 4 nitrogen and oxygen atoms in total. The average molecular weight is 291 g/mol. The second-order valence-corrected chi connectivity index (χ2v) is 5.52. The molecule has 0 heterocycles. The Morgan fingerprint density at radius 3 is 2.33 bits per heavy atom. The zero-order chi connectivity index (χ0) is 15.7. The van der Waals surface area contributed by atoms with Crippen molar-refractivity contribution in [3.63, 3.8) is 0 Å². The highest BCUT2D eigenvalue weighted by molar-refractivity contribution is 5.76. The van der Waals surface area contributed by atoms with E-state index in [9.17, 15) is 9.59 Å². The van der Waals surface area contributed by atoms with Crippen LogP contribution in [-0.4, -0.2) is 34.5 Å². The van der Waals surface area contributed by atoms with Crippen LogP contribution in [-0.2, 0) is 16.0 Å². The topological polar surface area (TPSA) is 57.6 Å². The number of nitrogens with zero attached hydrogens (tertiary/aromatic N) is 1. The van der Waals surface area contributed by atoms with Crippen LogP contribution in [0.15, 0.2) is 30.3 Å². The van der Waals surface area contributed by atoms with Gasteiger partial charge in [0, 0.05) is 25.4 Å². The summed E-state index contributed by atoms with van der Waals surface area (Å²) >= 11 is 0. The number of hydrogen-bond acceptors (Lipinski definition) is 2. The Morgan fingerprint density at radius 1 is 1.10 bits per heavy atom. The molecule has 0 aliphatic rings. The normalized spacial score (nSPS) is 10.6. The second-order valence-electron chi connectivity index (χ2n) is 5.52. The summed E-state index contributed by atoms with van der Waals surface area (Å²) in [7, 11) is 0. The van der Waals surface area contributed by atoms with Gasteiger partial charge < -0.3 is 10.0 Å². The highest BCUT2D eigenvalue weighted by Crippen LogP contribution is 2.09. The molecule has 0 atom stereocenters. The number of rotatable bonds is 9. The fourth-order valence-corrected chi connectivity index (χ4v) is 2.30. The maximum Gasteiger partial charge on any atom is 0.303 e. The molecule has 0 aliphatic carbocycles. The van der Waals surface area contributed by atoms with E-state index in [-0.39, 0.29) is 18.4 Å². The molecule has 1 N–H and O–H groups in total. The highest BCUT2D eigenvalue weighted by atomic mass is 16.4. The molecule has 0 unspecified atom stereocenters. The Morgan fingerprint density at radius 2 is 1.76 bits per heavy atom. The van der Waals surface area contributed by atoms with Gasteiger partial charge in [-0.05, 0) is 38.7 Å². The monoisotopic (exact) mass is 291 g/mol. The van der Waals surface area contributed by atoms with Gasteiger partial charge in [-0.1, -0.05) is 30.3 Å². The minimum atomic E-state index is -0.810. The quantitative estimate of drug-likeness (QED) is 0.760. The number of benzene rings is 1. The van der Waals surface area contributed by atoms with Crippen LogP contribution < -0.4 is 0 Å². The third kappa shape index (κ3) is 6.93. The summed E-state index contributed by atoms with van der Waals surface area (Å²) in [5.74, 6) is -0.693. The second kappa shape index (κ2) is 9.16. The number of carbonyl (C=O) groups excluding carboxylic acids is 1. The van der Waals surface area contributed by atoms with Crippen molar-refractivity contribution in [2.45, 2.75) is 52.0 Å². The standard InChI is InChI=1S/C17H25NO3/c1-14(2)18(13-7-12-17(20)21)16(19)11-6-10-15-8-4-3-5-9-15/h3-5,8-9,14H,6-7,10-13H2,1-2H3,(H,20,21). The lowest BCUT2D eigenvalue weighted by atomic mass is 10.1. The molecule has 4 heteroatoms.